The Hall–Kier alpha value is -7.43. The van der Waals surface area contributed by atoms with Crippen molar-refractivity contribution in [3.63, 3.8) is 0 Å². The Morgan fingerprint density at radius 1 is 0.400 bits per heavy atom. The summed E-state index contributed by atoms with van der Waals surface area (Å²) in [5, 5.41) is 94.1. The number of anilines is 6. The zero-order valence-electron chi connectivity index (χ0n) is 57.9. The summed E-state index contributed by atoms with van der Waals surface area (Å²) in [5.74, 6) is -1.24. The summed E-state index contributed by atoms with van der Waals surface area (Å²) in [5.41, 5.74) is 10.6. The molecule has 568 valence electrons. The average molecular weight is 1430 g/mol. The molecule has 4 aromatic carbocycles. The van der Waals surface area contributed by atoms with Gasteiger partial charge in [-0.05, 0) is 48.5 Å². The minimum Gasteiger partial charge on any atom is -0.399 e. The van der Waals surface area contributed by atoms with Gasteiger partial charge in [0.15, 0.2) is 0 Å². The molecule has 0 saturated carbocycles. The number of nitro benzene ring substituents is 2. The smallest absolute Gasteiger partial charge is 0.310 e. The highest BCUT2D eigenvalue weighted by atomic mass is 16.6. The summed E-state index contributed by atoms with van der Waals surface area (Å²) < 4.78 is 56.4. The fourth-order valence-electron chi connectivity index (χ4n) is 7.94. The molecule has 0 bridgehead atoms. The van der Waals surface area contributed by atoms with Gasteiger partial charge in [-0.3, -0.25) is 34.6 Å². The Bertz CT molecular complexity index is 2660. The van der Waals surface area contributed by atoms with Gasteiger partial charge in [0, 0.05) is 132 Å². The lowest BCUT2D eigenvalue weighted by Gasteiger charge is -2.25. The highest BCUT2D eigenvalue weighted by molar-refractivity contribution is 5.89. The van der Waals surface area contributed by atoms with Gasteiger partial charge in [-0.1, -0.05) is 24.3 Å². The van der Waals surface area contributed by atoms with E-state index < -0.39 is 21.8 Å². The molecule has 100 heavy (non-hydrogen) atoms. The lowest BCUT2D eigenvalue weighted by atomic mass is 10.2. The van der Waals surface area contributed by atoms with Crippen molar-refractivity contribution in [1.82, 2.24) is 0 Å². The number of hydrogen-bond donors (Lipinski definition) is 10. The number of benzene rings is 4. The van der Waals surface area contributed by atoms with Gasteiger partial charge in [-0.15, -0.1) is 0 Å². The van der Waals surface area contributed by atoms with Gasteiger partial charge >= 0.3 is 11.9 Å². The number of carbonyl (C=O) groups is 3. The molecular weight excluding hydrogens is 1320 g/mol. The molecule has 1 aliphatic heterocycles. The molecule has 1 fully saturated rings. The Balaban J connectivity index is 0.00000126. The fourth-order valence-corrected chi connectivity index (χ4v) is 7.94. The van der Waals surface area contributed by atoms with Crippen molar-refractivity contribution >= 4 is 63.3 Å². The first-order chi connectivity index (χ1) is 48.4. The molecule has 0 atom stereocenters. The van der Waals surface area contributed by atoms with Crippen LogP contribution in [0.4, 0.5) is 45.5 Å². The lowest BCUT2D eigenvalue weighted by molar-refractivity contribution is -0.385. The number of nitrogens with zero attached hydrogens (tertiary/aromatic N) is 6. The highest BCUT2D eigenvalue weighted by Gasteiger charge is 2.15. The molecule has 4 aromatic rings. The van der Waals surface area contributed by atoms with Crippen LogP contribution in [0.3, 0.4) is 0 Å². The largest absolute Gasteiger partial charge is 0.399 e. The maximum absolute atomic E-state index is 11.2. The molecule has 1 heterocycles. The van der Waals surface area contributed by atoms with Gasteiger partial charge in [0.2, 0.25) is 5.91 Å². The first-order valence-corrected chi connectivity index (χ1v) is 32.5. The van der Waals surface area contributed by atoms with E-state index in [-0.39, 0.29) is 83.4 Å². The molecule has 0 spiro atoms. The Kier molecular flexibility index (Phi) is 60.1. The van der Waals surface area contributed by atoms with Crippen LogP contribution in [0.25, 0.3) is 0 Å². The number of ether oxygens (including phenoxy) is 11. The van der Waals surface area contributed by atoms with Crippen molar-refractivity contribution in [3.8, 4) is 0 Å². The van der Waals surface area contributed by atoms with Crippen LogP contribution in [0.1, 0.15) is 20.8 Å². The van der Waals surface area contributed by atoms with Crippen LogP contribution in [0.5, 0.6) is 0 Å². The van der Waals surface area contributed by atoms with E-state index in [1.54, 1.807) is 29.2 Å². The summed E-state index contributed by atoms with van der Waals surface area (Å²) in [4.78, 5) is 59.3. The van der Waals surface area contributed by atoms with E-state index in [9.17, 15) is 34.6 Å². The predicted octanol–water partition coefficient (Wildman–Crippen LogP) is 1.53. The standard InChI is InChI=1S/C18H30N2O6.C16H26N2O7.C16H28N2O5.C10H14N2O4.C4H6O3.C2H4O/c1-16(23)19-17-3-2-4-18(15-17)20(5-9-24-11-7-21)6-10-25-13-14-26-12-8-22;19-6-10-23-8-4-17(5-9-24-12-13-25-11-7-20)15-2-1-3-16(14-15)18(21)22;17-15-2-1-3-16(14-15)18(4-8-21-10-6-19)5-9-22-12-13-23-11-7-20;13-6-4-11(5-7-14)9-2-1-3-10(8-9)12(15)16;1-3(5)7-4(2)6;1-2-3-1/h2-4,15,21-22H,5-14H2,1H3,(H,19,23);1-3,14,19-20H,4-13H2;1-3,14,19-20H,4-13,17H2;1-3,8,13-14H,4-7H2;1-2H3;1-2H2. The number of non-ortho nitro benzene ring substituents is 2. The van der Waals surface area contributed by atoms with Crippen molar-refractivity contribution in [2.45, 2.75) is 20.8 Å². The Morgan fingerprint density at radius 3 is 0.930 bits per heavy atom. The molecule has 0 aromatic heterocycles. The number of nitrogens with two attached hydrogens (primary N) is 1. The van der Waals surface area contributed by atoms with Crippen molar-refractivity contribution in [2.75, 3.05) is 268 Å². The van der Waals surface area contributed by atoms with E-state index in [2.05, 4.69) is 24.6 Å². The second kappa shape index (κ2) is 64.9. The number of hydrogen-bond acceptors (Lipinski definition) is 31. The van der Waals surface area contributed by atoms with Crippen LogP contribution >= 0.6 is 0 Å². The number of aliphatic hydroxyl groups excluding tert-OH is 8. The van der Waals surface area contributed by atoms with E-state index >= 15 is 0 Å². The van der Waals surface area contributed by atoms with Gasteiger partial charge in [-0.25, -0.2) is 0 Å². The van der Waals surface area contributed by atoms with E-state index in [0.29, 0.717) is 175 Å². The molecule has 34 nitrogen and oxygen atoms in total. The molecule has 0 aliphatic carbocycles. The zero-order chi connectivity index (χ0) is 74.1. The molecule has 1 amide bonds. The van der Waals surface area contributed by atoms with Crippen molar-refractivity contribution < 1.29 is 117 Å². The summed E-state index contributed by atoms with van der Waals surface area (Å²) in [7, 11) is 0. The third-order valence-electron chi connectivity index (χ3n) is 12.4. The Labute approximate surface area is 584 Å². The second-order valence-electron chi connectivity index (χ2n) is 20.3. The lowest BCUT2D eigenvalue weighted by Crippen LogP contribution is -2.31. The van der Waals surface area contributed by atoms with Crippen LogP contribution < -0.4 is 30.7 Å². The summed E-state index contributed by atoms with van der Waals surface area (Å²) in [6, 6.07) is 27.7. The monoisotopic (exact) mass is 1430 g/mol. The van der Waals surface area contributed by atoms with Gasteiger partial charge in [0.1, 0.15) is 0 Å². The number of nitrogens with one attached hydrogen (secondary N) is 1. The van der Waals surface area contributed by atoms with Gasteiger partial charge in [-0.2, -0.15) is 0 Å². The van der Waals surface area contributed by atoms with E-state index in [1.807, 2.05) is 53.4 Å². The van der Waals surface area contributed by atoms with Crippen LogP contribution in [-0.2, 0) is 66.5 Å². The molecule has 5 rings (SSSR count). The Morgan fingerprint density at radius 2 is 0.670 bits per heavy atom. The quantitative estimate of drug-likeness (QED) is 0.00570. The first-order valence-electron chi connectivity index (χ1n) is 32.5. The highest BCUT2D eigenvalue weighted by Crippen LogP contribution is 2.23. The number of amides is 1. The van der Waals surface area contributed by atoms with Crippen LogP contribution in [-0.4, -0.2) is 306 Å². The van der Waals surface area contributed by atoms with E-state index in [4.69, 9.17) is 89.2 Å². The van der Waals surface area contributed by atoms with Crippen LogP contribution in [0.2, 0.25) is 0 Å². The number of epoxide rings is 1. The topological polar surface area (TPSA) is 455 Å². The number of carbonyl (C=O) groups excluding carboxylic acids is 3. The van der Waals surface area contributed by atoms with Gasteiger partial charge in [0.25, 0.3) is 11.4 Å². The van der Waals surface area contributed by atoms with Crippen LogP contribution in [0.15, 0.2) is 97.1 Å². The zero-order valence-corrected chi connectivity index (χ0v) is 57.9. The number of rotatable bonds is 50. The molecule has 0 unspecified atom stereocenters. The van der Waals surface area contributed by atoms with Crippen molar-refractivity contribution in [1.29, 1.82) is 0 Å². The summed E-state index contributed by atoms with van der Waals surface area (Å²) in [6.45, 7) is 17.4. The minimum absolute atomic E-state index is 0.00150. The number of esters is 2. The molecule has 1 saturated heterocycles. The molecular formula is C66H108N8O26. The maximum Gasteiger partial charge on any atom is 0.310 e. The number of nitrogen functional groups attached to an aromatic ring is 1. The second-order valence-corrected chi connectivity index (χ2v) is 20.3. The predicted molar refractivity (Wildman–Crippen MR) is 374 cm³/mol. The fraction of sp³-hybridized carbons (Fsp3) is 0.591. The SMILES string of the molecule is C1CO1.CC(=O)Nc1cccc(N(CCOCCO)CCOCCOCCO)c1.CC(=O)OC(C)=O.Nc1cccc(N(CCOCCO)CCOCCOCCO)c1.O=[N+]([O-])c1cccc(N(CCO)CCO)c1.O=[N+]([O-])c1cccc(N(CCOCCO)CCOCCOCCO)c1. The average Bonchev–Trinajstić information content (AvgIpc) is 1.09. The molecule has 0 radical (unpaired) electrons. The van der Waals surface area contributed by atoms with Gasteiger partial charge in [0.05, 0.1) is 195 Å². The van der Waals surface area contributed by atoms with Gasteiger partial charge < -0.3 is 124 Å². The third kappa shape index (κ3) is 53.5. The van der Waals surface area contributed by atoms with Crippen LogP contribution in [0, 0.1) is 20.2 Å². The third-order valence-corrected chi connectivity index (χ3v) is 12.4. The number of nitro groups is 2. The summed E-state index contributed by atoms with van der Waals surface area (Å²) >= 11 is 0. The van der Waals surface area contributed by atoms with E-state index in [0.717, 1.165) is 30.3 Å². The summed E-state index contributed by atoms with van der Waals surface area (Å²) in [6.07, 6.45) is 0. The van der Waals surface area contributed by atoms with Crippen molar-refractivity contribution in [2.24, 2.45) is 0 Å². The molecule has 1 aliphatic rings. The number of aliphatic hydroxyl groups is 8. The van der Waals surface area contributed by atoms with E-state index in [1.165, 1.54) is 45.0 Å². The molecule has 34 heteroatoms. The van der Waals surface area contributed by atoms with Crippen molar-refractivity contribution in [3.05, 3.63) is 117 Å². The first kappa shape index (κ1) is 92.6. The normalized spacial score (nSPS) is 10.9. The maximum atomic E-state index is 11.2. The molecule has 11 N–H and O–H groups in total. The minimum atomic E-state index is -0.562.